The summed E-state index contributed by atoms with van der Waals surface area (Å²) in [7, 11) is 0. The van der Waals surface area contributed by atoms with E-state index < -0.39 is 6.10 Å². The summed E-state index contributed by atoms with van der Waals surface area (Å²) in [4.78, 5) is 14.1. The van der Waals surface area contributed by atoms with Crippen LogP contribution in [0.5, 0.6) is 0 Å². The summed E-state index contributed by atoms with van der Waals surface area (Å²) in [5.41, 5.74) is 0. The molecule has 2 N–H and O–H groups in total. The first-order chi connectivity index (χ1) is 6.26. The van der Waals surface area contributed by atoms with Crippen LogP contribution in [0.1, 0.15) is 0 Å². The van der Waals surface area contributed by atoms with Crippen molar-refractivity contribution in [3.05, 3.63) is 0 Å². The van der Waals surface area contributed by atoms with Crippen LogP contribution in [0.15, 0.2) is 0 Å². The fourth-order valence-electron chi connectivity index (χ4n) is 1.41. The summed E-state index contributed by atoms with van der Waals surface area (Å²) in [6.07, 6.45) is 0.183. The average Bonchev–Trinajstić information content (AvgIpc) is 2.19. The quantitative estimate of drug-likeness (QED) is 0.506. The molecule has 1 heterocycles. The summed E-state index contributed by atoms with van der Waals surface area (Å²) in [5.74, 6) is 0. The number of hydrogen-bond acceptors (Lipinski definition) is 4. The van der Waals surface area contributed by atoms with E-state index in [0.717, 1.165) is 19.5 Å². The van der Waals surface area contributed by atoms with Crippen molar-refractivity contribution in [2.45, 2.75) is 6.10 Å². The topological polar surface area (TPSA) is 64.0 Å². The van der Waals surface area contributed by atoms with Crippen molar-refractivity contribution in [2.24, 2.45) is 0 Å². The minimum atomic E-state index is -0.664. The number of aliphatic hydroxyl groups is 2. The van der Waals surface area contributed by atoms with Gasteiger partial charge in [0.05, 0.1) is 12.7 Å². The van der Waals surface area contributed by atoms with E-state index in [1.807, 2.05) is 4.90 Å². The molecule has 0 aromatic rings. The van der Waals surface area contributed by atoms with Gasteiger partial charge in [-0.15, -0.1) is 0 Å². The first kappa shape index (κ1) is 10.4. The van der Waals surface area contributed by atoms with Crippen LogP contribution in [-0.2, 0) is 4.79 Å². The van der Waals surface area contributed by atoms with Gasteiger partial charge in [-0.2, -0.15) is 0 Å². The molecule has 1 atom stereocenters. The van der Waals surface area contributed by atoms with Crippen molar-refractivity contribution in [1.29, 1.82) is 0 Å². The third kappa shape index (κ3) is 3.30. The van der Waals surface area contributed by atoms with E-state index in [0.29, 0.717) is 19.6 Å². The second kappa shape index (κ2) is 5.16. The largest absolute Gasteiger partial charge is 0.394 e. The first-order valence-electron chi connectivity index (χ1n) is 4.47. The molecule has 1 amide bonds. The number of aliphatic hydroxyl groups excluding tert-OH is 2. The lowest BCUT2D eigenvalue weighted by molar-refractivity contribution is -0.119. The van der Waals surface area contributed by atoms with Gasteiger partial charge in [0.2, 0.25) is 6.41 Å². The lowest BCUT2D eigenvalue weighted by atomic mass is 10.3. The monoisotopic (exact) mass is 188 g/mol. The molecule has 1 aliphatic rings. The van der Waals surface area contributed by atoms with E-state index in [4.69, 9.17) is 10.2 Å². The molecule has 0 bridgehead atoms. The van der Waals surface area contributed by atoms with Gasteiger partial charge in [0.1, 0.15) is 0 Å². The van der Waals surface area contributed by atoms with Crippen molar-refractivity contribution >= 4 is 6.41 Å². The standard InChI is InChI=1S/C8H16N2O3/c11-6-8(13)5-9-1-3-10(7-12)4-2-9/h7-8,11,13H,1-6H2. The van der Waals surface area contributed by atoms with Gasteiger partial charge in [-0.3, -0.25) is 9.69 Å². The van der Waals surface area contributed by atoms with Crippen molar-refractivity contribution in [2.75, 3.05) is 39.3 Å². The Morgan fingerprint density at radius 2 is 1.92 bits per heavy atom. The van der Waals surface area contributed by atoms with Crippen LogP contribution in [0.3, 0.4) is 0 Å². The third-order valence-corrected chi connectivity index (χ3v) is 2.24. The van der Waals surface area contributed by atoms with Crippen molar-refractivity contribution in [3.8, 4) is 0 Å². The second-order valence-electron chi connectivity index (χ2n) is 3.28. The van der Waals surface area contributed by atoms with E-state index in [9.17, 15) is 4.79 Å². The number of piperazine rings is 1. The molecule has 0 radical (unpaired) electrons. The smallest absolute Gasteiger partial charge is 0.209 e. The van der Waals surface area contributed by atoms with Crippen LogP contribution in [0.4, 0.5) is 0 Å². The van der Waals surface area contributed by atoms with E-state index in [1.165, 1.54) is 0 Å². The van der Waals surface area contributed by atoms with Gasteiger partial charge in [0.15, 0.2) is 0 Å². The van der Waals surface area contributed by atoms with E-state index >= 15 is 0 Å². The van der Waals surface area contributed by atoms with Crippen molar-refractivity contribution < 1.29 is 15.0 Å². The van der Waals surface area contributed by atoms with Gasteiger partial charge < -0.3 is 15.1 Å². The van der Waals surface area contributed by atoms with Gasteiger partial charge in [-0.05, 0) is 0 Å². The Hall–Kier alpha value is -0.650. The fourth-order valence-corrected chi connectivity index (χ4v) is 1.41. The molecule has 5 heteroatoms. The normalized spacial score (nSPS) is 21.5. The zero-order valence-corrected chi connectivity index (χ0v) is 7.59. The molecule has 1 rings (SSSR count). The Balaban J connectivity index is 2.20. The van der Waals surface area contributed by atoms with Crippen molar-refractivity contribution in [3.63, 3.8) is 0 Å². The van der Waals surface area contributed by atoms with Crippen LogP contribution in [-0.4, -0.2) is 71.9 Å². The summed E-state index contributed by atoms with van der Waals surface area (Å²) in [6.45, 7) is 3.26. The number of nitrogens with zero attached hydrogens (tertiary/aromatic N) is 2. The molecule has 0 aliphatic carbocycles. The van der Waals surface area contributed by atoms with Crippen molar-refractivity contribution in [1.82, 2.24) is 9.80 Å². The number of carbonyl (C=O) groups excluding carboxylic acids is 1. The van der Waals surface area contributed by atoms with Gasteiger partial charge in [0, 0.05) is 32.7 Å². The van der Waals surface area contributed by atoms with Crippen LogP contribution in [0.25, 0.3) is 0 Å². The molecule has 76 valence electrons. The fraction of sp³-hybridized carbons (Fsp3) is 0.875. The molecular formula is C8H16N2O3. The zero-order valence-electron chi connectivity index (χ0n) is 7.59. The summed E-state index contributed by atoms with van der Waals surface area (Å²) < 4.78 is 0. The highest BCUT2D eigenvalue weighted by Crippen LogP contribution is 2.00. The van der Waals surface area contributed by atoms with Crippen LogP contribution in [0, 0.1) is 0 Å². The molecule has 13 heavy (non-hydrogen) atoms. The molecule has 0 saturated carbocycles. The SMILES string of the molecule is O=CN1CCN(CC(O)CO)CC1. The van der Waals surface area contributed by atoms with Crippen LogP contribution >= 0.6 is 0 Å². The molecule has 1 unspecified atom stereocenters. The Morgan fingerprint density at radius 3 is 2.38 bits per heavy atom. The molecule has 1 saturated heterocycles. The molecule has 0 aromatic heterocycles. The maximum atomic E-state index is 10.4. The Morgan fingerprint density at radius 1 is 1.31 bits per heavy atom. The number of β-amino-alcohol motifs (C(OH)–C–C–N with tert-alkyl or cyclic N) is 1. The second-order valence-corrected chi connectivity index (χ2v) is 3.28. The number of carbonyl (C=O) groups is 1. The Kier molecular flexibility index (Phi) is 4.14. The zero-order chi connectivity index (χ0) is 9.68. The van der Waals surface area contributed by atoms with E-state index in [-0.39, 0.29) is 6.61 Å². The highest BCUT2D eigenvalue weighted by molar-refractivity contribution is 5.47. The lowest BCUT2D eigenvalue weighted by Gasteiger charge is -2.33. The Bertz CT molecular complexity index is 157. The predicted molar refractivity (Wildman–Crippen MR) is 47.2 cm³/mol. The van der Waals surface area contributed by atoms with Crippen LogP contribution in [0.2, 0.25) is 0 Å². The maximum absolute atomic E-state index is 10.4. The molecule has 0 spiro atoms. The molecule has 1 aliphatic heterocycles. The first-order valence-corrected chi connectivity index (χ1v) is 4.47. The molecule has 1 fully saturated rings. The van der Waals surface area contributed by atoms with Gasteiger partial charge in [-0.1, -0.05) is 0 Å². The molecule has 5 nitrogen and oxygen atoms in total. The highest BCUT2D eigenvalue weighted by Gasteiger charge is 2.17. The summed E-state index contributed by atoms with van der Waals surface area (Å²) in [5, 5.41) is 17.8. The van der Waals surface area contributed by atoms with E-state index in [1.54, 1.807) is 4.90 Å². The predicted octanol–water partition coefficient (Wildman–Crippen LogP) is -1.89. The average molecular weight is 188 g/mol. The lowest BCUT2D eigenvalue weighted by Crippen LogP contribution is -2.48. The third-order valence-electron chi connectivity index (χ3n) is 2.24. The van der Waals surface area contributed by atoms with Crippen LogP contribution < -0.4 is 0 Å². The maximum Gasteiger partial charge on any atom is 0.209 e. The van der Waals surface area contributed by atoms with Gasteiger partial charge >= 0.3 is 0 Å². The van der Waals surface area contributed by atoms with Gasteiger partial charge in [0.25, 0.3) is 0 Å². The highest BCUT2D eigenvalue weighted by atomic mass is 16.3. The molecular weight excluding hydrogens is 172 g/mol. The minimum absolute atomic E-state index is 0.201. The number of rotatable bonds is 4. The Labute approximate surface area is 77.6 Å². The summed E-state index contributed by atoms with van der Waals surface area (Å²) in [6, 6.07) is 0. The molecule has 0 aromatic carbocycles. The van der Waals surface area contributed by atoms with Gasteiger partial charge in [-0.25, -0.2) is 0 Å². The summed E-state index contributed by atoms with van der Waals surface area (Å²) >= 11 is 0. The van der Waals surface area contributed by atoms with E-state index in [2.05, 4.69) is 0 Å². The minimum Gasteiger partial charge on any atom is -0.394 e. The number of hydrogen-bond donors (Lipinski definition) is 2. The number of amides is 1.